The van der Waals surface area contributed by atoms with Crippen LogP contribution < -0.4 is 5.73 Å². The van der Waals surface area contributed by atoms with E-state index in [1.54, 1.807) is 0 Å². The highest BCUT2D eigenvalue weighted by Gasteiger charge is 2.23. The van der Waals surface area contributed by atoms with Crippen LogP contribution in [0, 0.1) is 5.82 Å². The molecule has 0 spiro atoms. The summed E-state index contributed by atoms with van der Waals surface area (Å²) in [6.07, 6.45) is 0. The number of halogens is 1. The van der Waals surface area contributed by atoms with Crippen molar-refractivity contribution in [1.29, 1.82) is 0 Å². The minimum absolute atomic E-state index is 0.345. The number of sulfonamides is 1. The quantitative estimate of drug-likeness (QED) is 0.876. The number of nitrogens with zero attached hydrogens (tertiary/aromatic N) is 1. The summed E-state index contributed by atoms with van der Waals surface area (Å²) in [5.74, 6) is -2.16. The molecular weight excluding hydrogens is 259 g/mol. The monoisotopic (exact) mass is 274 g/mol. The SMILES string of the molecule is CC(C(N)=O)c1ccc(S(=O)(=O)N(C)C)c(F)c1. The average Bonchev–Trinajstić information content (AvgIpc) is 2.27. The van der Waals surface area contributed by atoms with Gasteiger partial charge in [0.15, 0.2) is 0 Å². The number of amides is 1. The Balaban J connectivity index is 3.28. The van der Waals surface area contributed by atoms with Gasteiger partial charge in [-0.25, -0.2) is 17.1 Å². The molecule has 0 bridgehead atoms. The molecule has 0 fully saturated rings. The summed E-state index contributed by atoms with van der Waals surface area (Å²) >= 11 is 0. The third-order valence-electron chi connectivity index (χ3n) is 2.64. The van der Waals surface area contributed by atoms with E-state index in [9.17, 15) is 17.6 Å². The van der Waals surface area contributed by atoms with Gasteiger partial charge in [0.1, 0.15) is 10.7 Å². The van der Waals surface area contributed by atoms with Gasteiger partial charge in [0.05, 0.1) is 5.92 Å². The van der Waals surface area contributed by atoms with Gasteiger partial charge in [-0.3, -0.25) is 4.79 Å². The molecule has 0 saturated heterocycles. The summed E-state index contributed by atoms with van der Waals surface area (Å²) in [6, 6.07) is 3.54. The van der Waals surface area contributed by atoms with Gasteiger partial charge in [0.2, 0.25) is 15.9 Å². The van der Waals surface area contributed by atoms with E-state index in [1.807, 2.05) is 0 Å². The third kappa shape index (κ3) is 2.68. The first-order chi connectivity index (χ1) is 8.17. The van der Waals surface area contributed by atoms with Crippen LogP contribution in [0.4, 0.5) is 4.39 Å². The van der Waals surface area contributed by atoms with E-state index in [-0.39, 0.29) is 0 Å². The minimum atomic E-state index is -3.83. The molecule has 1 amide bonds. The molecule has 7 heteroatoms. The molecule has 0 aliphatic rings. The lowest BCUT2D eigenvalue weighted by atomic mass is 10.0. The zero-order valence-electron chi connectivity index (χ0n) is 10.3. The fourth-order valence-electron chi connectivity index (χ4n) is 1.36. The van der Waals surface area contributed by atoms with Crippen molar-refractivity contribution in [2.24, 2.45) is 5.73 Å². The van der Waals surface area contributed by atoms with Crippen molar-refractivity contribution in [3.8, 4) is 0 Å². The van der Waals surface area contributed by atoms with Crippen molar-refractivity contribution in [3.05, 3.63) is 29.6 Å². The molecule has 1 atom stereocenters. The molecule has 0 saturated carbocycles. The van der Waals surface area contributed by atoms with Crippen LogP contribution in [0.2, 0.25) is 0 Å². The second-order valence-corrected chi connectivity index (χ2v) is 6.22. The Labute approximate surface area is 105 Å². The summed E-state index contributed by atoms with van der Waals surface area (Å²) in [5.41, 5.74) is 5.45. The molecule has 1 aromatic rings. The molecule has 18 heavy (non-hydrogen) atoms. The molecule has 0 aliphatic carbocycles. The molecule has 5 nitrogen and oxygen atoms in total. The van der Waals surface area contributed by atoms with E-state index in [2.05, 4.69) is 0 Å². The number of rotatable bonds is 4. The Bertz CT molecular complexity index is 570. The Kier molecular flexibility index (Phi) is 4.08. The topological polar surface area (TPSA) is 80.5 Å². The molecule has 2 N–H and O–H groups in total. The number of hydrogen-bond donors (Lipinski definition) is 1. The van der Waals surface area contributed by atoms with Crippen LogP contribution in [0.15, 0.2) is 23.1 Å². The van der Waals surface area contributed by atoms with Crippen LogP contribution >= 0.6 is 0 Å². The standard InChI is InChI=1S/C11H15FN2O3S/c1-7(11(13)15)8-4-5-10(9(12)6-8)18(16,17)14(2)3/h4-7H,1-3H3,(H2,13,15). The number of primary amides is 1. The average molecular weight is 274 g/mol. The molecule has 100 valence electrons. The number of nitrogens with two attached hydrogens (primary N) is 1. The van der Waals surface area contributed by atoms with Crippen LogP contribution in [0.25, 0.3) is 0 Å². The Morgan fingerprint density at radius 2 is 1.94 bits per heavy atom. The van der Waals surface area contributed by atoms with E-state index in [1.165, 1.54) is 27.1 Å². The van der Waals surface area contributed by atoms with Crippen molar-refractivity contribution in [2.75, 3.05) is 14.1 Å². The van der Waals surface area contributed by atoms with Gasteiger partial charge in [0.25, 0.3) is 0 Å². The maximum Gasteiger partial charge on any atom is 0.245 e. The summed E-state index contributed by atoms with van der Waals surface area (Å²) < 4.78 is 38.2. The highest BCUT2D eigenvalue weighted by Crippen LogP contribution is 2.22. The molecular formula is C11H15FN2O3S. The minimum Gasteiger partial charge on any atom is -0.369 e. The van der Waals surface area contributed by atoms with Crippen molar-refractivity contribution in [1.82, 2.24) is 4.31 Å². The first-order valence-electron chi connectivity index (χ1n) is 5.19. The van der Waals surface area contributed by atoms with E-state index < -0.39 is 32.6 Å². The van der Waals surface area contributed by atoms with Crippen LogP contribution in [-0.4, -0.2) is 32.7 Å². The van der Waals surface area contributed by atoms with Gasteiger partial charge >= 0.3 is 0 Å². The molecule has 0 radical (unpaired) electrons. The van der Waals surface area contributed by atoms with Gasteiger partial charge in [-0.15, -0.1) is 0 Å². The first-order valence-corrected chi connectivity index (χ1v) is 6.63. The zero-order valence-corrected chi connectivity index (χ0v) is 11.2. The predicted molar refractivity (Wildman–Crippen MR) is 64.9 cm³/mol. The summed E-state index contributed by atoms with van der Waals surface area (Å²) in [6.45, 7) is 1.53. The Morgan fingerprint density at radius 1 is 1.39 bits per heavy atom. The number of benzene rings is 1. The zero-order chi connectivity index (χ0) is 14.1. The fourth-order valence-corrected chi connectivity index (χ4v) is 2.30. The molecule has 1 unspecified atom stereocenters. The van der Waals surface area contributed by atoms with Gasteiger partial charge in [-0.1, -0.05) is 6.07 Å². The molecule has 0 aromatic heterocycles. The van der Waals surface area contributed by atoms with E-state index in [0.717, 1.165) is 16.4 Å². The van der Waals surface area contributed by atoms with Crippen molar-refractivity contribution < 1.29 is 17.6 Å². The van der Waals surface area contributed by atoms with E-state index >= 15 is 0 Å². The third-order valence-corrected chi connectivity index (χ3v) is 4.49. The van der Waals surface area contributed by atoms with Crippen LogP contribution in [0.3, 0.4) is 0 Å². The van der Waals surface area contributed by atoms with Crippen molar-refractivity contribution >= 4 is 15.9 Å². The molecule has 0 heterocycles. The Morgan fingerprint density at radius 3 is 2.33 bits per heavy atom. The Hall–Kier alpha value is -1.47. The summed E-state index contributed by atoms with van der Waals surface area (Å²) in [4.78, 5) is 10.6. The lowest BCUT2D eigenvalue weighted by Crippen LogP contribution is -2.24. The van der Waals surface area contributed by atoms with Gasteiger partial charge in [0, 0.05) is 14.1 Å². The first kappa shape index (κ1) is 14.6. The smallest absolute Gasteiger partial charge is 0.245 e. The number of carbonyl (C=O) groups excluding carboxylic acids is 1. The summed E-state index contributed by atoms with van der Waals surface area (Å²) in [5, 5.41) is 0. The van der Waals surface area contributed by atoms with Crippen LogP contribution in [0.5, 0.6) is 0 Å². The maximum absolute atomic E-state index is 13.8. The largest absolute Gasteiger partial charge is 0.369 e. The van der Waals surface area contributed by atoms with Crippen LogP contribution in [0.1, 0.15) is 18.4 Å². The van der Waals surface area contributed by atoms with Gasteiger partial charge < -0.3 is 5.73 Å². The maximum atomic E-state index is 13.8. The lowest BCUT2D eigenvalue weighted by molar-refractivity contribution is -0.119. The van der Waals surface area contributed by atoms with Gasteiger partial charge in [-0.2, -0.15) is 0 Å². The highest BCUT2D eigenvalue weighted by atomic mass is 32.2. The van der Waals surface area contributed by atoms with Crippen LogP contribution in [-0.2, 0) is 14.8 Å². The fraction of sp³-hybridized carbons (Fsp3) is 0.364. The van der Waals surface area contributed by atoms with E-state index in [4.69, 9.17) is 5.73 Å². The van der Waals surface area contributed by atoms with Crippen molar-refractivity contribution in [3.63, 3.8) is 0 Å². The molecule has 1 rings (SSSR count). The highest BCUT2D eigenvalue weighted by molar-refractivity contribution is 7.89. The van der Waals surface area contributed by atoms with Crippen molar-refractivity contribution in [2.45, 2.75) is 17.7 Å². The second kappa shape index (κ2) is 5.03. The summed E-state index contributed by atoms with van der Waals surface area (Å²) in [7, 11) is -1.20. The number of hydrogen-bond acceptors (Lipinski definition) is 3. The van der Waals surface area contributed by atoms with E-state index in [0.29, 0.717) is 5.56 Å². The normalized spacial score (nSPS) is 13.6. The lowest BCUT2D eigenvalue weighted by Gasteiger charge is -2.14. The van der Waals surface area contributed by atoms with Gasteiger partial charge in [-0.05, 0) is 24.6 Å². The molecule has 1 aromatic carbocycles. The number of carbonyl (C=O) groups is 1. The predicted octanol–water partition coefficient (Wildman–Crippen LogP) is 0.665. The molecule has 0 aliphatic heterocycles. The second-order valence-electron chi connectivity index (χ2n) is 4.10.